The summed E-state index contributed by atoms with van der Waals surface area (Å²) in [6, 6.07) is 0.927. The molecular weight excluding hydrogens is 224 g/mol. The molecule has 1 amide bonds. The Bertz CT molecular complexity index is 467. The van der Waals surface area contributed by atoms with Gasteiger partial charge in [-0.25, -0.2) is 0 Å². The number of hydrogen-bond donors (Lipinski definition) is 2. The molecule has 1 heterocycles. The van der Waals surface area contributed by atoms with Crippen LogP contribution in [0, 0.1) is 0 Å². The Balaban J connectivity index is 3.11. The van der Waals surface area contributed by atoms with Crippen LogP contribution in [0.4, 0.5) is 0 Å². The summed E-state index contributed by atoms with van der Waals surface area (Å²) in [6.07, 6.45) is 1.60. The van der Waals surface area contributed by atoms with Crippen LogP contribution in [0.2, 0.25) is 0 Å². The smallest absolute Gasteiger partial charge is 0.274 e. The highest BCUT2D eigenvalue weighted by Crippen LogP contribution is 2.06. The number of aromatic hydroxyl groups is 1. The van der Waals surface area contributed by atoms with E-state index in [1.165, 1.54) is 4.90 Å². The first-order chi connectivity index (χ1) is 8.01. The molecule has 0 spiro atoms. The molecule has 0 aliphatic carbocycles. The first-order valence-corrected chi connectivity index (χ1v) is 5.45. The number of amides is 1. The summed E-state index contributed by atoms with van der Waals surface area (Å²) in [6.45, 7) is 4.78. The quantitative estimate of drug-likeness (QED) is 0.757. The lowest BCUT2D eigenvalue weighted by atomic mass is 10.3. The maximum absolute atomic E-state index is 12.0. The number of nitrogens with zero attached hydrogens (tertiary/aromatic N) is 2. The molecule has 1 aromatic heterocycles. The van der Waals surface area contributed by atoms with Crippen LogP contribution in [-0.2, 0) is 0 Å². The number of carbonyl (C=O) groups is 1. The van der Waals surface area contributed by atoms with Gasteiger partial charge in [-0.3, -0.25) is 9.59 Å². The molecule has 0 radical (unpaired) electrons. The van der Waals surface area contributed by atoms with Gasteiger partial charge in [-0.05, 0) is 13.3 Å². The fourth-order valence-corrected chi connectivity index (χ4v) is 1.51. The molecule has 17 heavy (non-hydrogen) atoms. The third-order valence-electron chi connectivity index (χ3n) is 2.39. The predicted octanol–water partition coefficient (Wildman–Crippen LogP) is 0.663. The highest BCUT2D eigenvalue weighted by Gasteiger charge is 2.18. The van der Waals surface area contributed by atoms with E-state index in [2.05, 4.69) is 0 Å². The number of rotatable bonds is 4. The van der Waals surface area contributed by atoms with Gasteiger partial charge in [-0.1, -0.05) is 6.92 Å². The standard InChI is InChI=1S/C11H16N2O4/c1-3-5-12(4-2)11(16)8-6-9(14)10(15)7-13(8)17/h6-7,15,17H,3-5H2,1-2H3. The maximum atomic E-state index is 12.0. The summed E-state index contributed by atoms with van der Waals surface area (Å²) in [5.74, 6) is -1.03. The topological polar surface area (TPSA) is 82.8 Å². The van der Waals surface area contributed by atoms with Gasteiger partial charge in [0, 0.05) is 19.2 Å². The number of hydrogen-bond acceptors (Lipinski definition) is 4. The molecule has 0 bridgehead atoms. The van der Waals surface area contributed by atoms with E-state index in [4.69, 9.17) is 5.11 Å². The molecule has 0 unspecified atom stereocenters. The Morgan fingerprint density at radius 2 is 2.12 bits per heavy atom. The van der Waals surface area contributed by atoms with Crippen molar-refractivity contribution in [2.75, 3.05) is 13.1 Å². The molecule has 1 aromatic rings. The minimum Gasteiger partial charge on any atom is -0.503 e. The second kappa shape index (κ2) is 5.38. The Morgan fingerprint density at radius 1 is 1.47 bits per heavy atom. The second-order valence-corrected chi connectivity index (χ2v) is 3.64. The zero-order chi connectivity index (χ0) is 13.0. The van der Waals surface area contributed by atoms with Gasteiger partial charge in [0.05, 0.1) is 6.20 Å². The average Bonchev–Trinajstić information content (AvgIpc) is 2.30. The van der Waals surface area contributed by atoms with E-state index in [9.17, 15) is 14.8 Å². The van der Waals surface area contributed by atoms with Gasteiger partial charge in [0.25, 0.3) is 5.91 Å². The van der Waals surface area contributed by atoms with Crippen LogP contribution >= 0.6 is 0 Å². The van der Waals surface area contributed by atoms with Gasteiger partial charge < -0.3 is 15.2 Å². The van der Waals surface area contributed by atoms with Crippen molar-refractivity contribution >= 4 is 5.91 Å². The summed E-state index contributed by atoms with van der Waals surface area (Å²) in [5, 5.41) is 18.6. The minimum absolute atomic E-state index is 0.150. The molecule has 0 saturated heterocycles. The summed E-state index contributed by atoms with van der Waals surface area (Å²) < 4.78 is 0.470. The Hall–Kier alpha value is -1.98. The van der Waals surface area contributed by atoms with Crippen LogP contribution in [-0.4, -0.2) is 38.9 Å². The fourth-order valence-electron chi connectivity index (χ4n) is 1.51. The van der Waals surface area contributed by atoms with Crippen LogP contribution in [0.1, 0.15) is 30.8 Å². The largest absolute Gasteiger partial charge is 0.503 e. The highest BCUT2D eigenvalue weighted by atomic mass is 16.5. The fraction of sp³-hybridized carbons (Fsp3) is 0.455. The molecule has 0 aliphatic heterocycles. The van der Waals surface area contributed by atoms with Crippen molar-refractivity contribution in [2.45, 2.75) is 20.3 Å². The highest BCUT2D eigenvalue weighted by molar-refractivity contribution is 5.92. The van der Waals surface area contributed by atoms with Crippen LogP contribution in [0.5, 0.6) is 5.75 Å². The van der Waals surface area contributed by atoms with Crippen molar-refractivity contribution in [3.8, 4) is 5.75 Å². The third kappa shape index (κ3) is 2.77. The van der Waals surface area contributed by atoms with Crippen LogP contribution in [0.15, 0.2) is 17.1 Å². The van der Waals surface area contributed by atoms with Crippen LogP contribution < -0.4 is 5.43 Å². The average molecular weight is 240 g/mol. The van der Waals surface area contributed by atoms with E-state index in [-0.39, 0.29) is 5.69 Å². The molecule has 0 fully saturated rings. The maximum Gasteiger partial charge on any atom is 0.274 e. The molecule has 6 nitrogen and oxygen atoms in total. The number of carbonyl (C=O) groups excluding carboxylic acids is 1. The third-order valence-corrected chi connectivity index (χ3v) is 2.39. The molecule has 0 saturated carbocycles. The number of aromatic nitrogens is 1. The van der Waals surface area contributed by atoms with Gasteiger partial charge in [0.2, 0.25) is 5.43 Å². The van der Waals surface area contributed by atoms with Crippen molar-refractivity contribution in [1.29, 1.82) is 0 Å². The molecule has 2 N–H and O–H groups in total. The van der Waals surface area contributed by atoms with Gasteiger partial charge >= 0.3 is 0 Å². The lowest BCUT2D eigenvalue weighted by molar-refractivity contribution is 0.0707. The van der Waals surface area contributed by atoms with Gasteiger partial charge in [-0.2, -0.15) is 4.73 Å². The summed E-state index contributed by atoms with van der Waals surface area (Å²) in [4.78, 5) is 24.7. The summed E-state index contributed by atoms with van der Waals surface area (Å²) in [7, 11) is 0. The SMILES string of the molecule is CCCN(CC)C(=O)c1cc(=O)c(O)cn1O. The van der Waals surface area contributed by atoms with E-state index in [1.54, 1.807) is 0 Å². The van der Waals surface area contributed by atoms with Gasteiger partial charge in [-0.15, -0.1) is 0 Å². The lowest BCUT2D eigenvalue weighted by Crippen LogP contribution is -2.34. The Kier molecular flexibility index (Phi) is 4.14. The number of pyridine rings is 1. The zero-order valence-electron chi connectivity index (χ0n) is 9.88. The molecule has 6 heteroatoms. The van der Waals surface area contributed by atoms with E-state index >= 15 is 0 Å². The first kappa shape index (κ1) is 13.1. The van der Waals surface area contributed by atoms with Crippen molar-refractivity contribution < 1.29 is 15.1 Å². The molecule has 0 aromatic carbocycles. The molecule has 0 aliphatic rings. The minimum atomic E-state index is -0.689. The first-order valence-electron chi connectivity index (χ1n) is 5.45. The molecular formula is C11H16N2O4. The van der Waals surface area contributed by atoms with Crippen LogP contribution in [0.3, 0.4) is 0 Å². The summed E-state index contributed by atoms with van der Waals surface area (Å²) in [5.41, 5.74) is -0.839. The van der Waals surface area contributed by atoms with Gasteiger partial charge in [0.1, 0.15) is 5.69 Å². The summed E-state index contributed by atoms with van der Waals surface area (Å²) >= 11 is 0. The van der Waals surface area contributed by atoms with Crippen molar-refractivity contribution in [1.82, 2.24) is 9.63 Å². The van der Waals surface area contributed by atoms with E-state index in [1.807, 2.05) is 13.8 Å². The zero-order valence-corrected chi connectivity index (χ0v) is 9.88. The van der Waals surface area contributed by atoms with E-state index in [0.717, 1.165) is 18.7 Å². The predicted molar refractivity (Wildman–Crippen MR) is 61.4 cm³/mol. The molecule has 0 atom stereocenters. The van der Waals surface area contributed by atoms with E-state index < -0.39 is 17.1 Å². The Morgan fingerprint density at radius 3 is 2.65 bits per heavy atom. The van der Waals surface area contributed by atoms with E-state index in [0.29, 0.717) is 17.8 Å². The lowest BCUT2D eigenvalue weighted by Gasteiger charge is -2.20. The van der Waals surface area contributed by atoms with Crippen molar-refractivity contribution in [3.63, 3.8) is 0 Å². The van der Waals surface area contributed by atoms with Gasteiger partial charge in [0.15, 0.2) is 5.75 Å². The Labute approximate surface area is 98.7 Å². The normalized spacial score (nSPS) is 10.2. The van der Waals surface area contributed by atoms with Crippen molar-refractivity contribution in [3.05, 3.63) is 28.2 Å². The van der Waals surface area contributed by atoms with Crippen LogP contribution in [0.25, 0.3) is 0 Å². The molecule has 94 valence electrons. The second-order valence-electron chi connectivity index (χ2n) is 3.64. The monoisotopic (exact) mass is 240 g/mol. The van der Waals surface area contributed by atoms with Crippen molar-refractivity contribution in [2.24, 2.45) is 0 Å². The molecule has 1 rings (SSSR count).